The molecule has 1 rings (SSSR count). The van der Waals surface area contributed by atoms with Crippen molar-refractivity contribution in [2.45, 2.75) is 6.04 Å². The highest BCUT2D eigenvalue weighted by Crippen LogP contribution is 2.06. The predicted molar refractivity (Wildman–Crippen MR) is 65.7 cm³/mol. The van der Waals surface area contributed by atoms with E-state index in [4.69, 9.17) is 10.8 Å². The molecule has 1 amide bonds. The number of methoxy groups -OCH3 is 1. The number of benzene rings is 1. The molecule has 0 bridgehead atoms. The lowest BCUT2D eigenvalue weighted by Crippen LogP contribution is -2.45. The van der Waals surface area contributed by atoms with E-state index in [1.807, 2.05) is 0 Å². The summed E-state index contributed by atoms with van der Waals surface area (Å²) in [4.78, 5) is 33.6. The summed E-state index contributed by atoms with van der Waals surface area (Å²) in [5, 5.41) is 11.0. The Labute approximate surface area is 109 Å². The number of carbonyl (C=O) groups excluding carboxylic acids is 2. The van der Waals surface area contributed by atoms with Crippen molar-refractivity contribution in [2.24, 2.45) is 5.73 Å². The van der Waals surface area contributed by atoms with Crippen LogP contribution in [-0.4, -0.2) is 42.6 Å². The third-order valence-corrected chi connectivity index (χ3v) is 2.41. The summed E-state index contributed by atoms with van der Waals surface area (Å²) in [6.07, 6.45) is 0. The van der Waals surface area contributed by atoms with E-state index >= 15 is 0 Å². The minimum absolute atomic E-state index is 0.207. The van der Waals surface area contributed by atoms with Gasteiger partial charge in [-0.15, -0.1) is 0 Å². The van der Waals surface area contributed by atoms with Gasteiger partial charge in [0.15, 0.2) is 0 Å². The minimum atomic E-state index is -1.21. The average Bonchev–Trinajstić information content (AvgIpc) is 2.43. The smallest absolute Gasteiger partial charge is 0.337 e. The number of rotatable bonds is 5. The molecule has 1 aromatic carbocycles. The van der Waals surface area contributed by atoms with E-state index in [2.05, 4.69) is 10.1 Å². The van der Waals surface area contributed by atoms with Crippen LogP contribution in [0.15, 0.2) is 24.3 Å². The monoisotopic (exact) mass is 266 g/mol. The molecule has 7 nitrogen and oxygen atoms in total. The van der Waals surface area contributed by atoms with Crippen molar-refractivity contribution in [3.63, 3.8) is 0 Å². The Hall–Kier alpha value is -2.41. The van der Waals surface area contributed by atoms with Crippen molar-refractivity contribution in [1.82, 2.24) is 5.32 Å². The van der Waals surface area contributed by atoms with Gasteiger partial charge in [0.25, 0.3) is 5.91 Å². The number of esters is 1. The summed E-state index contributed by atoms with van der Waals surface area (Å²) in [6.45, 7) is -0.207. The molecule has 0 saturated carbocycles. The number of nitrogens with two attached hydrogens (primary N) is 1. The molecule has 1 atom stereocenters. The number of carbonyl (C=O) groups is 3. The quantitative estimate of drug-likeness (QED) is 0.625. The first-order chi connectivity index (χ1) is 8.99. The summed E-state index contributed by atoms with van der Waals surface area (Å²) in [5.74, 6) is -2.30. The molecule has 4 N–H and O–H groups in total. The van der Waals surface area contributed by atoms with Crippen LogP contribution in [0.2, 0.25) is 0 Å². The third kappa shape index (κ3) is 3.78. The minimum Gasteiger partial charge on any atom is -0.480 e. The summed E-state index contributed by atoms with van der Waals surface area (Å²) in [6, 6.07) is 4.49. The fourth-order valence-corrected chi connectivity index (χ4v) is 1.34. The lowest BCUT2D eigenvalue weighted by Gasteiger charge is -2.12. The summed E-state index contributed by atoms with van der Waals surface area (Å²) < 4.78 is 4.52. The highest BCUT2D eigenvalue weighted by Gasteiger charge is 2.18. The van der Waals surface area contributed by atoms with Crippen LogP contribution in [0.1, 0.15) is 20.7 Å². The molecule has 0 saturated heterocycles. The van der Waals surface area contributed by atoms with Gasteiger partial charge in [-0.1, -0.05) is 0 Å². The van der Waals surface area contributed by atoms with Gasteiger partial charge in [0.05, 0.1) is 12.7 Å². The lowest BCUT2D eigenvalue weighted by atomic mass is 10.1. The van der Waals surface area contributed by atoms with Gasteiger partial charge in [-0.3, -0.25) is 4.79 Å². The van der Waals surface area contributed by atoms with E-state index in [-0.39, 0.29) is 12.1 Å². The maximum Gasteiger partial charge on any atom is 0.337 e. The molecular formula is C12H14N2O5. The maximum atomic E-state index is 11.7. The normalized spacial score (nSPS) is 11.5. The fraction of sp³-hybridized carbons (Fsp3) is 0.250. The van der Waals surface area contributed by atoms with Gasteiger partial charge in [0.1, 0.15) is 6.04 Å². The van der Waals surface area contributed by atoms with Gasteiger partial charge < -0.3 is 20.9 Å². The van der Waals surface area contributed by atoms with Crippen molar-refractivity contribution >= 4 is 17.8 Å². The molecule has 0 aliphatic rings. The Morgan fingerprint density at radius 2 is 1.79 bits per heavy atom. The molecule has 0 unspecified atom stereocenters. The fourth-order valence-electron chi connectivity index (χ4n) is 1.34. The molecule has 0 fully saturated rings. The summed E-state index contributed by atoms with van der Waals surface area (Å²) in [7, 11) is 1.25. The van der Waals surface area contributed by atoms with Gasteiger partial charge in [-0.25, -0.2) is 9.59 Å². The second-order valence-electron chi connectivity index (χ2n) is 3.67. The number of hydrogen-bond donors (Lipinski definition) is 3. The molecule has 19 heavy (non-hydrogen) atoms. The molecule has 102 valence electrons. The van der Waals surface area contributed by atoms with Gasteiger partial charge in [0, 0.05) is 12.1 Å². The van der Waals surface area contributed by atoms with Crippen LogP contribution < -0.4 is 11.1 Å². The summed E-state index contributed by atoms with van der Waals surface area (Å²) in [5.41, 5.74) is 5.75. The first kappa shape index (κ1) is 14.7. The van der Waals surface area contributed by atoms with E-state index in [1.54, 1.807) is 0 Å². The summed E-state index contributed by atoms with van der Waals surface area (Å²) >= 11 is 0. The van der Waals surface area contributed by atoms with Crippen molar-refractivity contribution in [1.29, 1.82) is 0 Å². The molecule has 0 radical (unpaired) electrons. The van der Waals surface area contributed by atoms with Crippen LogP contribution in [0.4, 0.5) is 0 Å². The second kappa shape index (κ2) is 6.50. The molecule has 0 aromatic heterocycles. The number of aliphatic carboxylic acids is 1. The van der Waals surface area contributed by atoms with E-state index in [9.17, 15) is 14.4 Å². The van der Waals surface area contributed by atoms with E-state index in [0.717, 1.165) is 0 Å². The van der Waals surface area contributed by atoms with Crippen LogP contribution in [0.3, 0.4) is 0 Å². The Kier molecular flexibility index (Phi) is 5.01. The standard InChI is InChI=1S/C12H14N2O5/c1-19-12(18)8-4-2-7(3-5-8)10(15)14-9(6-13)11(16)17/h2-5,9H,6,13H2,1H3,(H,14,15)(H,16,17)/t9-/m0/s1. The van der Waals surface area contributed by atoms with E-state index < -0.39 is 23.9 Å². The Bertz CT molecular complexity index is 483. The Morgan fingerprint density at radius 1 is 1.26 bits per heavy atom. The third-order valence-electron chi connectivity index (χ3n) is 2.41. The molecular weight excluding hydrogens is 252 g/mol. The van der Waals surface area contributed by atoms with Crippen molar-refractivity contribution in [3.8, 4) is 0 Å². The lowest BCUT2D eigenvalue weighted by molar-refractivity contribution is -0.138. The first-order valence-electron chi connectivity index (χ1n) is 5.41. The largest absolute Gasteiger partial charge is 0.480 e. The molecule has 7 heteroatoms. The Balaban J connectivity index is 2.78. The van der Waals surface area contributed by atoms with E-state index in [0.29, 0.717) is 5.56 Å². The van der Waals surface area contributed by atoms with Gasteiger partial charge in [0.2, 0.25) is 0 Å². The highest BCUT2D eigenvalue weighted by molar-refractivity contribution is 5.98. The van der Waals surface area contributed by atoms with E-state index in [1.165, 1.54) is 31.4 Å². The number of carboxylic acids is 1. The first-order valence-corrected chi connectivity index (χ1v) is 5.41. The van der Waals surface area contributed by atoms with Crippen molar-refractivity contribution in [3.05, 3.63) is 35.4 Å². The van der Waals surface area contributed by atoms with Crippen LogP contribution in [0.5, 0.6) is 0 Å². The number of amides is 1. The highest BCUT2D eigenvalue weighted by atomic mass is 16.5. The molecule has 0 heterocycles. The zero-order valence-electron chi connectivity index (χ0n) is 10.3. The predicted octanol–water partition coefficient (Wildman–Crippen LogP) is -0.385. The van der Waals surface area contributed by atoms with Gasteiger partial charge in [-0.2, -0.15) is 0 Å². The second-order valence-corrected chi connectivity index (χ2v) is 3.67. The SMILES string of the molecule is COC(=O)c1ccc(C(=O)N[C@@H](CN)C(=O)O)cc1. The number of carboxylic acid groups (broad SMARTS) is 1. The van der Waals surface area contributed by atoms with Gasteiger partial charge >= 0.3 is 11.9 Å². The number of nitrogens with one attached hydrogen (secondary N) is 1. The van der Waals surface area contributed by atoms with Crippen LogP contribution in [0, 0.1) is 0 Å². The van der Waals surface area contributed by atoms with Crippen molar-refractivity contribution < 1.29 is 24.2 Å². The average molecular weight is 266 g/mol. The zero-order chi connectivity index (χ0) is 14.4. The van der Waals surface area contributed by atoms with Crippen LogP contribution >= 0.6 is 0 Å². The van der Waals surface area contributed by atoms with Gasteiger partial charge in [-0.05, 0) is 24.3 Å². The Morgan fingerprint density at radius 3 is 2.21 bits per heavy atom. The van der Waals surface area contributed by atoms with Crippen LogP contribution in [0.25, 0.3) is 0 Å². The number of ether oxygens (including phenoxy) is 1. The molecule has 0 aliphatic carbocycles. The molecule has 0 aliphatic heterocycles. The molecule has 1 aromatic rings. The topological polar surface area (TPSA) is 119 Å². The molecule has 0 spiro atoms. The van der Waals surface area contributed by atoms with Crippen LogP contribution in [-0.2, 0) is 9.53 Å². The number of hydrogen-bond acceptors (Lipinski definition) is 5. The van der Waals surface area contributed by atoms with Crippen molar-refractivity contribution in [2.75, 3.05) is 13.7 Å². The maximum absolute atomic E-state index is 11.7. The zero-order valence-corrected chi connectivity index (χ0v) is 10.3.